The van der Waals surface area contributed by atoms with Gasteiger partial charge in [-0.15, -0.1) is 0 Å². The minimum atomic E-state index is -1.56. The number of aliphatic hydroxyl groups is 6. The quantitative estimate of drug-likeness (QED) is 0.0146. The number of rotatable bonds is 43. The molecule has 10 unspecified atom stereocenters. The van der Waals surface area contributed by atoms with Gasteiger partial charge < -0.3 is 78.0 Å². The van der Waals surface area contributed by atoms with Crippen LogP contribution in [0.1, 0.15) is 184 Å². The van der Waals surface area contributed by atoms with Gasteiger partial charge in [0, 0.05) is 34.0 Å². The van der Waals surface area contributed by atoms with E-state index in [1.54, 1.807) is 48.5 Å². The first kappa shape index (κ1) is 97.6. The molecule has 27 heteroatoms. The molecule has 2 rings (SSSR count). The zero-order valence-electron chi connectivity index (χ0n) is 63.1. The molecular weight excluding hydrogens is 1320 g/mol. The molecule has 0 saturated carbocycles. The zero-order chi connectivity index (χ0) is 76.6. The van der Waals surface area contributed by atoms with Crippen LogP contribution in [0.3, 0.4) is 0 Å². The van der Waals surface area contributed by atoms with E-state index in [0.29, 0.717) is 102 Å². The van der Waals surface area contributed by atoms with Crippen molar-refractivity contribution in [3.05, 3.63) is 24.8 Å². The Labute approximate surface area is 592 Å². The standard InChI is InChI=1S/C20H38O8S.C20H38O7S.C17H30O5.C7H10O3.C7H12O2/c1-7-20(6,18(25)27-9-14(2)3)13-19(4,5)17(24)28-10-16(23)12-29(26)11-15(22)8-21;1-7-20(6,18(25)26-9-14(2)3)13-19(4,5)17(24)27-10-16(23)12-28-11-15(22)8-21;1-7-17(6,15(19)21-8-12(2)3)11-16(4,5)14(18)22-10-13-9-20-13;1-5(2)7(8)10-4-6-3-9-6;1-4-7(8)9-5-6(2)3/h14-16,21-23H,7-13H2,1-6H3;14-16,21-23H,7-13H2,1-6H3;12-13H,7-11H2,1-6H3;6H,1,3-4H2,2H3;4,6H,1,5H2,2-3H3. The van der Waals surface area contributed by atoms with Crippen LogP contribution < -0.4 is 0 Å². The molecule has 0 spiro atoms. The first-order valence-corrected chi connectivity index (χ1v) is 36.5. The van der Waals surface area contributed by atoms with E-state index in [-0.39, 0.29) is 110 Å². The van der Waals surface area contributed by atoms with Gasteiger partial charge in [0.2, 0.25) is 0 Å². The van der Waals surface area contributed by atoms with E-state index in [1.807, 2.05) is 96.9 Å². The Morgan fingerprint density at radius 3 is 1.08 bits per heavy atom. The van der Waals surface area contributed by atoms with E-state index in [9.17, 15) is 63.0 Å². The molecular formula is C71H128O25S2. The molecule has 574 valence electrons. The summed E-state index contributed by atoms with van der Waals surface area (Å²) in [6, 6.07) is 0. The molecule has 0 amide bonds. The summed E-state index contributed by atoms with van der Waals surface area (Å²) in [5.41, 5.74) is -4.55. The third kappa shape index (κ3) is 45.3. The van der Waals surface area contributed by atoms with Crippen LogP contribution in [0.15, 0.2) is 24.8 Å². The number of ether oxygens (including phenoxy) is 10. The van der Waals surface area contributed by atoms with E-state index in [1.165, 1.54) is 17.8 Å². The second-order valence-corrected chi connectivity index (χ2v) is 32.1. The molecule has 25 nitrogen and oxygen atoms in total. The van der Waals surface area contributed by atoms with Gasteiger partial charge in [-0.2, -0.15) is 11.8 Å². The number of epoxide rings is 2. The maximum absolute atomic E-state index is 12.5. The van der Waals surface area contributed by atoms with Crippen molar-refractivity contribution in [3.8, 4) is 0 Å². The second-order valence-electron chi connectivity index (χ2n) is 29.5. The van der Waals surface area contributed by atoms with Crippen LogP contribution >= 0.6 is 11.8 Å². The van der Waals surface area contributed by atoms with Crippen LogP contribution in [0.25, 0.3) is 0 Å². The summed E-state index contributed by atoms with van der Waals surface area (Å²) in [6.07, 6.45) is -0.0744. The van der Waals surface area contributed by atoms with Gasteiger partial charge in [-0.3, -0.25) is 33.0 Å². The summed E-state index contributed by atoms with van der Waals surface area (Å²) < 4.78 is 62.9. The summed E-state index contributed by atoms with van der Waals surface area (Å²) in [4.78, 5) is 95.8. The number of hydrogen-bond donors (Lipinski definition) is 6. The van der Waals surface area contributed by atoms with E-state index in [0.717, 1.165) is 0 Å². The zero-order valence-corrected chi connectivity index (χ0v) is 64.7. The van der Waals surface area contributed by atoms with Gasteiger partial charge >= 0.3 is 47.8 Å². The van der Waals surface area contributed by atoms with Crippen LogP contribution in [-0.4, -0.2) is 222 Å². The number of thioether (sulfide) groups is 1. The van der Waals surface area contributed by atoms with Crippen molar-refractivity contribution < 1.29 is 121 Å². The third-order valence-corrected chi connectivity index (χ3v) is 17.7. The highest BCUT2D eigenvalue weighted by Crippen LogP contribution is 2.41. The summed E-state index contributed by atoms with van der Waals surface area (Å²) in [6.45, 7) is 47.8. The fourth-order valence-corrected chi connectivity index (χ4v) is 10.6. The van der Waals surface area contributed by atoms with Crippen LogP contribution in [0.5, 0.6) is 0 Å². The molecule has 0 bridgehead atoms. The Balaban J connectivity index is -0.00000122. The van der Waals surface area contributed by atoms with Crippen molar-refractivity contribution in [3.63, 3.8) is 0 Å². The summed E-state index contributed by atoms with van der Waals surface area (Å²) in [5.74, 6) is -1.58. The van der Waals surface area contributed by atoms with Gasteiger partial charge in [0.15, 0.2) is 0 Å². The van der Waals surface area contributed by atoms with Crippen molar-refractivity contribution in [1.82, 2.24) is 0 Å². The number of carbonyl (C=O) groups excluding carboxylic acids is 8. The molecule has 2 heterocycles. The fraction of sp³-hybridized carbons (Fsp3) is 0.831. The van der Waals surface area contributed by atoms with Gasteiger partial charge in [0.25, 0.3) is 0 Å². The van der Waals surface area contributed by atoms with Gasteiger partial charge in [-0.25, -0.2) is 9.59 Å². The lowest BCUT2D eigenvalue weighted by molar-refractivity contribution is -0.166. The lowest BCUT2D eigenvalue weighted by Gasteiger charge is -2.34. The maximum atomic E-state index is 12.5. The molecule has 98 heavy (non-hydrogen) atoms. The monoisotopic (exact) mass is 1440 g/mol. The maximum Gasteiger partial charge on any atom is 0.333 e. The molecule has 2 aliphatic rings. The molecule has 0 radical (unpaired) electrons. The highest BCUT2D eigenvalue weighted by atomic mass is 32.2. The smallest absolute Gasteiger partial charge is 0.333 e. The number of esters is 8. The second kappa shape index (κ2) is 49.1. The van der Waals surface area contributed by atoms with Gasteiger partial charge in [-0.05, 0) is 131 Å². The highest BCUT2D eigenvalue weighted by Gasteiger charge is 2.46. The largest absolute Gasteiger partial charge is 0.465 e. The van der Waals surface area contributed by atoms with Crippen molar-refractivity contribution in [2.75, 3.05) is 102 Å². The average molecular weight is 1450 g/mol. The minimum absolute atomic E-state index is 0.0494. The number of aliphatic hydroxyl groups excluding tert-OH is 6. The summed E-state index contributed by atoms with van der Waals surface area (Å²) in [5, 5.41) is 55.9. The van der Waals surface area contributed by atoms with Gasteiger partial charge in [-0.1, -0.05) is 89.3 Å². The van der Waals surface area contributed by atoms with E-state index in [2.05, 4.69) is 13.2 Å². The predicted octanol–water partition coefficient (Wildman–Crippen LogP) is 7.87. The highest BCUT2D eigenvalue weighted by molar-refractivity contribution is 7.99. The van der Waals surface area contributed by atoms with E-state index >= 15 is 0 Å². The van der Waals surface area contributed by atoms with Crippen LogP contribution in [0.4, 0.5) is 0 Å². The molecule has 2 saturated heterocycles. The molecule has 6 N–H and O–H groups in total. The molecule has 0 aliphatic carbocycles. The number of carbonyl (C=O) groups is 8. The Bertz CT molecular complexity index is 2400. The van der Waals surface area contributed by atoms with Crippen LogP contribution in [-0.2, 0) is 96.5 Å². The first-order chi connectivity index (χ1) is 45.1. The molecule has 0 aromatic carbocycles. The van der Waals surface area contributed by atoms with Crippen LogP contribution in [0, 0.1) is 56.2 Å². The average Bonchev–Trinajstić information content (AvgIpc) is 1.17. The lowest BCUT2D eigenvalue weighted by atomic mass is 9.72. The Hall–Kier alpha value is -4.58. The van der Waals surface area contributed by atoms with E-state index in [4.69, 9.17) is 57.6 Å². The van der Waals surface area contributed by atoms with Gasteiger partial charge in [0.05, 0.1) is 121 Å². The Morgan fingerprint density at radius 2 is 0.776 bits per heavy atom. The predicted molar refractivity (Wildman–Crippen MR) is 375 cm³/mol. The van der Waals surface area contributed by atoms with Crippen molar-refractivity contribution in [2.24, 2.45) is 56.2 Å². The fourth-order valence-electron chi connectivity index (χ4n) is 8.48. The molecule has 2 fully saturated rings. The minimum Gasteiger partial charge on any atom is -0.465 e. The molecule has 2 aliphatic heterocycles. The van der Waals surface area contributed by atoms with E-state index < -0.39 is 86.3 Å². The normalized spacial score (nSPS) is 17.5. The third-order valence-electron chi connectivity index (χ3n) is 14.9. The van der Waals surface area contributed by atoms with Crippen molar-refractivity contribution in [2.45, 2.75) is 221 Å². The first-order valence-electron chi connectivity index (χ1n) is 33.9. The number of hydrogen-bond acceptors (Lipinski definition) is 26. The topological polar surface area (TPSA) is 374 Å². The van der Waals surface area contributed by atoms with Crippen molar-refractivity contribution in [1.29, 1.82) is 0 Å². The van der Waals surface area contributed by atoms with Gasteiger partial charge in [0.1, 0.15) is 38.6 Å². The SMILES string of the molecule is C=C(C)C(=O)OCC1CO1.C=CC(=O)OCC(C)C.CCC(C)(CC(C)(C)C(=O)OCC(O)CS(=O)CC(O)CO)C(=O)OCC(C)C.CCC(C)(CC(C)(C)C(=O)OCC(O)CSCC(O)CO)C(=O)OCC(C)C.CCC(C)(CC(C)(C)C(=O)OCC1CO1)C(=O)OCC(C)C. The molecule has 10 atom stereocenters. The Kier molecular flexibility index (Phi) is 48.9. The Morgan fingerprint density at radius 1 is 0.480 bits per heavy atom. The van der Waals surface area contributed by atoms with Crippen LogP contribution in [0.2, 0.25) is 0 Å². The summed E-state index contributed by atoms with van der Waals surface area (Å²) >= 11 is 1.27. The summed E-state index contributed by atoms with van der Waals surface area (Å²) in [7, 11) is -1.56. The lowest BCUT2D eigenvalue weighted by Crippen LogP contribution is -2.40. The molecule has 0 aromatic heterocycles. The molecule has 0 aromatic rings. The van der Waals surface area contributed by atoms with Crippen molar-refractivity contribution >= 4 is 70.3 Å².